The average Bonchev–Trinajstić information content (AvgIpc) is 3.29. The second-order valence-corrected chi connectivity index (χ2v) is 8.75. The number of ketones is 2. The van der Waals surface area contributed by atoms with Gasteiger partial charge in [-0.05, 0) is 55.9 Å². The standard InChI is InChI=1S/C20H26O2S/c1-4-9-23-20(7-8-20)15-11-17(21)19(18(22)12-15)16-10-13(2)5-6-14(16)3/h5-6,10,15,19H,4,7-9,11-12H2,1-3H3. The average molecular weight is 330 g/mol. The van der Waals surface area contributed by atoms with E-state index < -0.39 is 5.92 Å². The molecule has 2 saturated carbocycles. The highest BCUT2D eigenvalue weighted by atomic mass is 32.2. The molecule has 2 fully saturated rings. The third kappa shape index (κ3) is 3.26. The highest BCUT2D eigenvalue weighted by Crippen LogP contribution is 2.57. The van der Waals surface area contributed by atoms with Crippen molar-refractivity contribution in [3.8, 4) is 0 Å². The quantitative estimate of drug-likeness (QED) is 0.739. The molecule has 0 N–H and O–H groups in total. The van der Waals surface area contributed by atoms with E-state index in [0.29, 0.717) is 12.8 Å². The third-order valence-electron chi connectivity index (χ3n) is 5.37. The van der Waals surface area contributed by atoms with Gasteiger partial charge in [0, 0.05) is 17.6 Å². The first kappa shape index (κ1) is 16.8. The summed E-state index contributed by atoms with van der Waals surface area (Å²) in [6, 6.07) is 6.09. The van der Waals surface area contributed by atoms with Crippen LogP contribution in [0.3, 0.4) is 0 Å². The number of benzene rings is 1. The van der Waals surface area contributed by atoms with Crippen molar-refractivity contribution in [3.05, 3.63) is 34.9 Å². The van der Waals surface area contributed by atoms with Crippen LogP contribution >= 0.6 is 11.8 Å². The number of thioether (sulfide) groups is 1. The number of Topliss-reactive ketones (excluding diaryl/α,β-unsaturated/α-hetero) is 2. The summed E-state index contributed by atoms with van der Waals surface area (Å²) >= 11 is 2.00. The molecule has 0 aliphatic heterocycles. The minimum Gasteiger partial charge on any atom is -0.299 e. The lowest BCUT2D eigenvalue weighted by Gasteiger charge is -2.32. The molecule has 0 heterocycles. The van der Waals surface area contributed by atoms with Crippen LogP contribution in [0.1, 0.15) is 61.6 Å². The van der Waals surface area contributed by atoms with Crippen LogP contribution in [0.15, 0.2) is 18.2 Å². The summed E-state index contributed by atoms with van der Waals surface area (Å²) in [6.07, 6.45) is 4.68. The second kappa shape index (κ2) is 6.43. The van der Waals surface area contributed by atoms with Crippen LogP contribution in [0, 0.1) is 19.8 Å². The molecular weight excluding hydrogens is 304 g/mol. The summed E-state index contributed by atoms with van der Waals surface area (Å²) in [5, 5.41) is 0. The van der Waals surface area contributed by atoms with Crippen LogP contribution in [0.5, 0.6) is 0 Å². The molecule has 0 atom stereocenters. The number of rotatable bonds is 5. The Kier molecular flexibility index (Phi) is 4.68. The first-order valence-corrected chi connectivity index (χ1v) is 9.72. The highest BCUT2D eigenvalue weighted by Gasteiger charge is 2.53. The number of hydrogen-bond donors (Lipinski definition) is 0. The van der Waals surface area contributed by atoms with Gasteiger partial charge in [0.15, 0.2) is 0 Å². The summed E-state index contributed by atoms with van der Waals surface area (Å²) < 4.78 is 0.230. The monoisotopic (exact) mass is 330 g/mol. The van der Waals surface area contributed by atoms with Gasteiger partial charge in [0.2, 0.25) is 0 Å². The van der Waals surface area contributed by atoms with E-state index in [1.165, 1.54) is 12.8 Å². The highest BCUT2D eigenvalue weighted by molar-refractivity contribution is 8.00. The fourth-order valence-electron chi connectivity index (χ4n) is 3.86. The fourth-order valence-corrected chi connectivity index (χ4v) is 5.27. The van der Waals surface area contributed by atoms with E-state index in [-0.39, 0.29) is 22.2 Å². The number of carbonyl (C=O) groups excluding carboxylic acids is 2. The van der Waals surface area contributed by atoms with Crippen LogP contribution in [0.4, 0.5) is 0 Å². The Hall–Kier alpha value is -1.09. The molecule has 0 saturated heterocycles. The Bertz CT molecular complexity index is 613. The van der Waals surface area contributed by atoms with Crippen molar-refractivity contribution in [1.29, 1.82) is 0 Å². The van der Waals surface area contributed by atoms with E-state index in [9.17, 15) is 9.59 Å². The molecule has 0 radical (unpaired) electrons. The van der Waals surface area contributed by atoms with Gasteiger partial charge in [0.1, 0.15) is 17.5 Å². The van der Waals surface area contributed by atoms with E-state index in [1.54, 1.807) is 0 Å². The zero-order chi connectivity index (χ0) is 16.6. The van der Waals surface area contributed by atoms with E-state index >= 15 is 0 Å². The zero-order valence-electron chi connectivity index (χ0n) is 14.4. The molecule has 0 amide bonds. The molecule has 23 heavy (non-hydrogen) atoms. The Morgan fingerprint density at radius 3 is 2.35 bits per heavy atom. The maximum atomic E-state index is 12.8. The Morgan fingerprint density at radius 2 is 1.78 bits per heavy atom. The lowest BCUT2D eigenvalue weighted by Crippen LogP contribution is -2.37. The van der Waals surface area contributed by atoms with Crippen molar-refractivity contribution in [2.24, 2.45) is 5.92 Å². The van der Waals surface area contributed by atoms with Crippen molar-refractivity contribution < 1.29 is 9.59 Å². The molecule has 1 aromatic rings. The van der Waals surface area contributed by atoms with Gasteiger partial charge in [0.05, 0.1) is 0 Å². The number of hydrogen-bond acceptors (Lipinski definition) is 3. The molecule has 124 valence electrons. The van der Waals surface area contributed by atoms with Gasteiger partial charge in [-0.2, -0.15) is 11.8 Å². The lowest BCUT2D eigenvalue weighted by molar-refractivity contribution is -0.133. The van der Waals surface area contributed by atoms with Crippen LogP contribution in [0.25, 0.3) is 0 Å². The number of carbonyl (C=O) groups is 2. The van der Waals surface area contributed by atoms with Gasteiger partial charge in [-0.3, -0.25) is 9.59 Å². The minimum absolute atomic E-state index is 0.142. The molecule has 3 rings (SSSR count). The van der Waals surface area contributed by atoms with Crippen LogP contribution in [-0.4, -0.2) is 22.1 Å². The van der Waals surface area contributed by atoms with Crippen molar-refractivity contribution >= 4 is 23.3 Å². The topological polar surface area (TPSA) is 34.1 Å². The summed E-state index contributed by atoms with van der Waals surface area (Å²) in [6.45, 7) is 6.21. The summed E-state index contributed by atoms with van der Waals surface area (Å²) in [4.78, 5) is 25.6. The molecule has 2 nitrogen and oxygen atoms in total. The molecule has 0 spiro atoms. The maximum Gasteiger partial charge on any atom is 0.148 e. The van der Waals surface area contributed by atoms with Crippen molar-refractivity contribution in [2.75, 3.05) is 5.75 Å². The third-order valence-corrected chi connectivity index (χ3v) is 7.29. The van der Waals surface area contributed by atoms with Gasteiger partial charge in [0.25, 0.3) is 0 Å². The lowest BCUT2D eigenvalue weighted by atomic mass is 9.73. The fraction of sp³-hybridized carbons (Fsp3) is 0.600. The van der Waals surface area contributed by atoms with E-state index in [0.717, 1.165) is 28.9 Å². The smallest absolute Gasteiger partial charge is 0.148 e. The first-order chi connectivity index (χ1) is 11.0. The normalized spacial score (nSPS) is 26.4. The first-order valence-electron chi connectivity index (χ1n) is 8.73. The van der Waals surface area contributed by atoms with E-state index in [1.807, 2.05) is 43.8 Å². The Balaban J connectivity index is 1.79. The van der Waals surface area contributed by atoms with E-state index in [2.05, 4.69) is 6.92 Å². The molecule has 2 aliphatic carbocycles. The van der Waals surface area contributed by atoms with Crippen molar-refractivity contribution in [1.82, 2.24) is 0 Å². The van der Waals surface area contributed by atoms with Gasteiger partial charge in [-0.25, -0.2) is 0 Å². The maximum absolute atomic E-state index is 12.8. The van der Waals surface area contributed by atoms with Gasteiger partial charge in [-0.1, -0.05) is 30.7 Å². The summed E-state index contributed by atoms with van der Waals surface area (Å²) in [5.74, 6) is 1.17. The molecule has 2 aliphatic rings. The van der Waals surface area contributed by atoms with Crippen molar-refractivity contribution in [2.45, 2.75) is 63.5 Å². The van der Waals surface area contributed by atoms with E-state index in [4.69, 9.17) is 0 Å². The van der Waals surface area contributed by atoms with Crippen LogP contribution < -0.4 is 0 Å². The Morgan fingerprint density at radius 1 is 1.13 bits per heavy atom. The summed E-state index contributed by atoms with van der Waals surface area (Å²) in [5.41, 5.74) is 3.11. The van der Waals surface area contributed by atoms with Crippen LogP contribution in [-0.2, 0) is 9.59 Å². The molecule has 0 bridgehead atoms. The summed E-state index contributed by atoms with van der Waals surface area (Å²) in [7, 11) is 0. The Labute approximate surface area is 143 Å². The minimum atomic E-state index is -0.516. The SMILES string of the molecule is CCCSC1(C2CC(=O)C(c3cc(C)ccc3C)C(=O)C2)CC1. The zero-order valence-corrected chi connectivity index (χ0v) is 15.2. The van der Waals surface area contributed by atoms with Crippen LogP contribution in [0.2, 0.25) is 0 Å². The molecule has 1 aromatic carbocycles. The molecule has 3 heteroatoms. The van der Waals surface area contributed by atoms with Gasteiger partial charge < -0.3 is 0 Å². The van der Waals surface area contributed by atoms with Gasteiger partial charge in [-0.15, -0.1) is 0 Å². The molecular formula is C20H26O2S. The molecule has 0 aromatic heterocycles. The largest absolute Gasteiger partial charge is 0.299 e. The predicted molar refractivity (Wildman–Crippen MR) is 96.1 cm³/mol. The van der Waals surface area contributed by atoms with Crippen molar-refractivity contribution in [3.63, 3.8) is 0 Å². The second-order valence-electron chi connectivity index (χ2n) is 7.24. The predicted octanol–water partition coefficient (Wildman–Crippen LogP) is 4.61. The molecule has 0 unspecified atom stereocenters. The van der Waals surface area contributed by atoms with Gasteiger partial charge >= 0.3 is 0 Å². The number of aryl methyl sites for hydroxylation is 2.